The number of nitrogens with one attached hydrogen (secondary N) is 1. The van der Waals surface area contributed by atoms with Crippen molar-refractivity contribution >= 4 is 17.0 Å². The van der Waals surface area contributed by atoms with Crippen LogP contribution >= 0.6 is 11.3 Å². The first kappa shape index (κ1) is 13.1. The Morgan fingerprint density at radius 1 is 1.11 bits per heavy atom. The minimum Gasteiger partial charge on any atom is -0.385 e. The number of benzene rings is 1. The average Bonchev–Trinajstić information content (AvgIpc) is 2.89. The van der Waals surface area contributed by atoms with Gasteiger partial charge in [0.25, 0.3) is 0 Å². The van der Waals surface area contributed by atoms with Crippen LogP contribution in [0, 0.1) is 0 Å². The Balaban J connectivity index is 1.60. The minimum atomic E-state index is 1.03. The van der Waals surface area contributed by atoms with Crippen LogP contribution in [0.5, 0.6) is 0 Å². The quantitative estimate of drug-likeness (QED) is 0.764. The maximum absolute atomic E-state index is 3.43. The van der Waals surface area contributed by atoms with Crippen LogP contribution < -0.4 is 5.32 Å². The van der Waals surface area contributed by atoms with Crippen molar-refractivity contribution in [2.45, 2.75) is 13.0 Å². The van der Waals surface area contributed by atoms with E-state index in [9.17, 15) is 0 Å². The van der Waals surface area contributed by atoms with Crippen molar-refractivity contribution < 1.29 is 0 Å². The Labute approximate surface area is 113 Å². The van der Waals surface area contributed by atoms with Crippen LogP contribution in [0.25, 0.3) is 0 Å². The predicted octanol–water partition coefficient (Wildman–Crippen LogP) is 3.68. The third kappa shape index (κ3) is 4.51. The molecule has 1 aromatic carbocycles. The fraction of sp³-hybridized carbons (Fsp3) is 0.333. The fourth-order valence-corrected chi connectivity index (χ4v) is 2.67. The van der Waals surface area contributed by atoms with Gasteiger partial charge in [-0.3, -0.25) is 0 Å². The van der Waals surface area contributed by atoms with Gasteiger partial charge in [0.15, 0.2) is 0 Å². The molecule has 0 saturated carbocycles. The summed E-state index contributed by atoms with van der Waals surface area (Å²) < 4.78 is 0. The molecule has 0 aliphatic heterocycles. The lowest BCUT2D eigenvalue weighted by Crippen LogP contribution is -2.20. The first-order chi connectivity index (χ1) is 8.84. The summed E-state index contributed by atoms with van der Waals surface area (Å²) in [6, 6.07) is 14.7. The van der Waals surface area contributed by atoms with E-state index in [0.29, 0.717) is 0 Å². The first-order valence-corrected chi connectivity index (χ1v) is 7.22. The molecule has 0 amide bonds. The van der Waals surface area contributed by atoms with E-state index in [1.54, 1.807) is 0 Å². The predicted molar refractivity (Wildman–Crippen MR) is 80.2 cm³/mol. The summed E-state index contributed by atoms with van der Waals surface area (Å²) in [5, 5.41) is 5.57. The molecule has 96 valence electrons. The van der Waals surface area contributed by atoms with E-state index in [2.05, 4.69) is 59.0 Å². The van der Waals surface area contributed by atoms with Crippen LogP contribution in [0.4, 0.5) is 5.69 Å². The van der Waals surface area contributed by atoms with Gasteiger partial charge in [0.1, 0.15) is 0 Å². The molecular formula is C15H20N2S. The maximum Gasteiger partial charge on any atom is 0.0340 e. The van der Waals surface area contributed by atoms with E-state index < -0.39 is 0 Å². The molecule has 0 saturated heterocycles. The standard InChI is InChI=1S/C15H20N2S/c1-17(13-15-9-5-12-18-15)11-6-10-16-14-7-3-2-4-8-14/h2-5,7-9,12,16H,6,10-11,13H2,1H3. The van der Waals surface area contributed by atoms with Crippen LogP contribution in [0.1, 0.15) is 11.3 Å². The first-order valence-electron chi connectivity index (χ1n) is 6.34. The van der Waals surface area contributed by atoms with E-state index in [1.807, 2.05) is 17.4 Å². The number of para-hydroxylation sites is 1. The number of thiophene rings is 1. The minimum absolute atomic E-state index is 1.03. The maximum atomic E-state index is 3.43. The lowest BCUT2D eigenvalue weighted by atomic mass is 10.3. The van der Waals surface area contributed by atoms with Gasteiger partial charge in [-0.1, -0.05) is 24.3 Å². The SMILES string of the molecule is CN(CCCNc1ccccc1)Cc1cccs1. The summed E-state index contributed by atoms with van der Waals surface area (Å²) in [6.07, 6.45) is 1.16. The van der Waals surface area contributed by atoms with Gasteiger partial charge in [-0.2, -0.15) is 0 Å². The number of rotatable bonds is 7. The van der Waals surface area contributed by atoms with Crippen LogP contribution in [0.2, 0.25) is 0 Å². The van der Waals surface area contributed by atoms with Gasteiger partial charge < -0.3 is 10.2 Å². The van der Waals surface area contributed by atoms with E-state index in [0.717, 1.165) is 26.1 Å². The number of nitrogens with zero attached hydrogens (tertiary/aromatic N) is 1. The zero-order valence-corrected chi connectivity index (χ0v) is 11.6. The van der Waals surface area contributed by atoms with Gasteiger partial charge in [-0.05, 0) is 43.6 Å². The molecule has 0 bridgehead atoms. The highest BCUT2D eigenvalue weighted by atomic mass is 32.1. The van der Waals surface area contributed by atoms with Gasteiger partial charge in [0.2, 0.25) is 0 Å². The van der Waals surface area contributed by atoms with Crippen molar-refractivity contribution in [1.82, 2.24) is 4.90 Å². The zero-order valence-electron chi connectivity index (χ0n) is 10.8. The van der Waals surface area contributed by atoms with Gasteiger partial charge in [-0.25, -0.2) is 0 Å². The largest absolute Gasteiger partial charge is 0.385 e. The third-order valence-electron chi connectivity index (χ3n) is 2.83. The molecule has 18 heavy (non-hydrogen) atoms. The summed E-state index contributed by atoms with van der Waals surface area (Å²) in [5.74, 6) is 0. The number of hydrogen-bond donors (Lipinski definition) is 1. The molecule has 2 nitrogen and oxygen atoms in total. The van der Waals surface area contributed by atoms with Crippen LogP contribution in [-0.2, 0) is 6.54 Å². The third-order valence-corrected chi connectivity index (χ3v) is 3.69. The summed E-state index contributed by atoms with van der Waals surface area (Å²) in [4.78, 5) is 3.81. The van der Waals surface area contributed by atoms with Crippen molar-refractivity contribution in [3.63, 3.8) is 0 Å². The van der Waals surface area contributed by atoms with E-state index in [1.165, 1.54) is 10.6 Å². The molecule has 0 aliphatic rings. The molecule has 1 aromatic heterocycles. The molecule has 1 N–H and O–H groups in total. The molecule has 1 heterocycles. The lowest BCUT2D eigenvalue weighted by molar-refractivity contribution is 0.328. The molecule has 2 aromatic rings. The lowest BCUT2D eigenvalue weighted by Gasteiger charge is -2.15. The van der Waals surface area contributed by atoms with E-state index in [-0.39, 0.29) is 0 Å². The van der Waals surface area contributed by atoms with Crippen molar-refractivity contribution in [2.24, 2.45) is 0 Å². The highest BCUT2D eigenvalue weighted by molar-refractivity contribution is 7.09. The van der Waals surface area contributed by atoms with Gasteiger partial charge >= 0.3 is 0 Å². The highest BCUT2D eigenvalue weighted by Gasteiger charge is 2.00. The Kier molecular flexibility index (Phi) is 5.24. The van der Waals surface area contributed by atoms with Gasteiger partial charge in [-0.15, -0.1) is 11.3 Å². The molecular weight excluding hydrogens is 240 g/mol. The smallest absolute Gasteiger partial charge is 0.0340 e. The summed E-state index contributed by atoms with van der Waals surface area (Å²) in [7, 11) is 2.18. The van der Waals surface area contributed by atoms with E-state index >= 15 is 0 Å². The second-order valence-corrected chi connectivity index (χ2v) is 5.50. The molecule has 0 fully saturated rings. The molecule has 0 spiro atoms. The van der Waals surface area contributed by atoms with Crippen LogP contribution in [0.3, 0.4) is 0 Å². The van der Waals surface area contributed by atoms with Crippen molar-refractivity contribution in [3.8, 4) is 0 Å². The fourth-order valence-electron chi connectivity index (χ4n) is 1.89. The summed E-state index contributed by atoms with van der Waals surface area (Å²) in [6.45, 7) is 3.21. The second kappa shape index (κ2) is 7.19. The van der Waals surface area contributed by atoms with Crippen LogP contribution in [-0.4, -0.2) is 25.0 Å². The Bertz CT molecular complexity index is 425. The Morgan fingerprint density at radius 2 is 1.94 bits per heavy atom. The summed E-state index contributed by atoms with van der Waals surface area (Å²) in [5.41, 5.74) is 1.21. The molecule has 0 unspecified atom stereocenters. The second-order valence-electron chi connectivity index (χ2n) is 4.46. The molecule has 2 rings (SSSR count). The average molecular weight is 260 g/mol. The summed E-state index contributed by atoms with van der Waals surface area (Å²) >= 11 is 1.83. The molecule has 3 heteroatoms. The topological polar surface area (TPSA) is 15.3 Å². The Hall–Kier alpha value is -1.32. The van der Waals surface area contributed by atoms with Crippen molar-refractivity contribution in [3.05, 3.63) is 52.7 Å². The van der Waals surface area contributed by atoms with Gasteiger partial charge in [0.05, 0.1) is 0 Å². The van der Waals surface area contributed by atoms with Gasteiger partial charge in [0, 0.05) is 23.7 Å². The highest BCUT2D eigenvalue weighted by Crippen LogP contribution is 2.11. The van der Waals surface area contributed by atoms with Crippen LogP contribution in [0.15, 0.2) is 47.8 Å². The number of anilines is 1. The van der Waals surface area contributed by atoms with E-state index in [4.69, 9.17) is 0 Å². The molecule has 0 aliphatic carbocycles. The zero-order chi connectivity index (χ0) is 12.6. The molecule has 0 radical (unpaired) electrons. The Morgan fingerprint density at radius 3 is 2.67 bits per heavy atom. The van der Waals surface area contributed by atoms with Crippen molar-refractivity contribution in [1.29, 1.82) is 0 Å². The number of hydrogen-bond acceptors (Lipinski definition) is 3. The molecule has 0 atom stereocenters. The van der Waals surface area contributed by atoms with Crippen molar-refractivity contribution in [2.75, 3.05) is 25.5 Å². The monoisotopic (exact) mass is 260 g/mol. The normalized spacial score (nSPS) is 10.8.